The van der Waals surface area contributed by atoms with E-state index in [0.717, 1.165) is 19.5 Å². The molecule has 0 radical (unpaired) electrons. The molecule has 18 heavy (non-hydrogen) atoms. The summed E-state index contributed by atoms with van der Waals surface area (Å²) in [5.74, 6) is 0. The topological polar surface area (TPSA) is 12.0 Å². The average Bonchev–Trinajstić information content (AvgIpc) is 2.35. The first-order valence-electron chi connectivity index (χ1n) is 6.60. The molecule has 1 fully saturated rings. The van der Waals surface area contributed by atoms with Crippen LogP contribution in [-0.4, -0.2) is 13.1 Å². The molecule has 0 atom stereocenters. The number of nitrogens with one attached hydrogen (secondary N) is 1. The van der Waals surface area contributed by atoms with Crippen LogP contribution in [0.3, 0.4) is 0 Å². The lowest BCUT2D eigenvalue weighted by Crippen LogP contribution is -2.58. The van der Waals surface area contributed by atoms with E-state index < -0.39 is 0 Å². The largest absolute Gasteiger partial charge is 0.315 e. The molecule has 0 unspecified atom stereocenters. The van der Waals surface area contributed by atoms with Gasteiger partial charge in [0.25, 0.3) is 0 Å². The SMILES string of the molecule is Cc1cccc(C2(Cc3ccccc3)CNC2)c1. The van der Waals surface area contributed by atoms with E-state index >= 15 is 0 Å². The molecular formula is C17H19N. The molecule has 0 aromatic heterocycles. The third kappa shape index (κ3) is 2.06. The van der Waals surface area contributed by atoms with Crippen LogP contribution in [0.5, 0.6) is 0 Å². The second kappa shape index (κ2) is 4.58. The number of benzene rings is 2. The maximum Gasteiger partial charge on any atom is 0.0243 e. The molecule has 1 N–H and O–H groups in total. The molecule has 0 spiro atoms. The van der Waals surface area contributed by atoms with Crippen molar-refractivity contribution < 1.29 is 0 Å². The van der Waals surface area contributed by atoms with Crippen molar-refractivity contribution in [3.8, 4) is 0 Å². The van der Waals surface area contributed by atoms with Crippen molar-refractivity contribution >= 4 is 0 Å². The Bertz CT molecular complexity index is 526. The molecule has 92 valence electrons. The summed E-state index contributed by atoms with van der Waals surface area (Å²) < 4.78 is 0. The van der Waals surface area contributed by atoms with Gasteiger partial charge in [0.15, 0.2) is 0 Å². The molecule has 1 saturated heterocycles. The van der Waals surface area contributed by atoms with Crippen LogP contribution in [0.2, 0.25) is 0 Å². The van der Waals surface area contributed by atoms with E-state index in [-0.39, 0.29) is 0 Å². The van der Waals surface area contributed by atoms with Crippen LogP contribution in [0.15, 0.2) is 54.6 Å². The summed E-state index contributed by atoms with van der Waals surface area (Å²) in [7, 11) is 0. The van der Waals surface area contributed by atoms with E-state index in [0.29, 0.717) is 5.41 Å². The Kier molecular flexibility index (Phi) is 2.92. The molecule has 2 aromatic rings. The third-order valence-corrected chi connectivity index (χ3v) is 3.94. The van der Waals surface area contributed by atoms with Gasteiger partial charge in [0.05, 0.1) is 0 Å². The fourth-order valence-electron chi connectivity index (χ4n) is 2.82. The molecule has 1 aliphatic rings. The van der Waals surface area contributed by atoms with Gasteiger partial charge in [-0.1, -0.05) is 60.2 Å². The van der Waals surface area contributed by atoms with Gasteiger partial charge in [-0.05, 0) is 24.5 Å². The molecule has 1 heterocycles. The maximum atomic E-state index is 3.44. The van der Waals surface area contributed by atoms with Crippen LogP contribution in [0.1, 0.15) is 16.7 Å². The van der Waals surface area contributed by atoms with E-state index in [1.165, 1.54) is 16.7 Å². The van der Waals surface area contributed by atoms with Crippen LogP contribution >= 0.6 is 0 Å². The van der Waals surface area contributed by atoms with Crippen LogP contribution in [0, 0.1) is 6.92 Å². The number of hydrogen-bond donors (Lipinski definition) is 1. The Morgan fingerprint density at radius 3 is 2.39 bits per heavy atom. The van der Waals surface area contributed by atoms with Gasteiger partial charge in [0.2, 0.25) is 0 Å². The van der Waals surface area contributed by atoms with Gasteiger partial charge in [-0.15, -0.1) is 0 Å². The van der Waals surface area contributed by atoms with Crippen molar-refractivity contribution in [3.63, 3.8) is 0 Å². The molecule has 2 aromatic carbocycles. The zero-order chi connectivity index (χ0) is 12.4. The first-order chi connectivity index (χ1) is 8.78. The lowest BCUT2D eigenvalue weighted by molar-refractivity contribution is 0.274. The van der Waals surface area contributed by atoms with E-state index in [4.69, 9.17) is 0 Å². The highest BCUT2D eigenvalue weighted by atomic mass is 15.0. The summed E-state index contributed by atoms with van der Waals surface area (Å²) in [5, 5.41) is 3.44. The lowest BCUT2D eigenvalue weighted by Gasteiger charge is -2.43. The van der Waals surface area contributed by atoms with Crippen LogP contribution in [-0.2, 0) is 11.8 Å². The highest BCUT2D eigenvalue weighted by molar-refractivity contribution is 5.35. The summed E-state index contributed by atoms with van der Waals surface area (Å²) in [6.45, 7) is 4.35. The standard InChI is InChI=1S/C17H19N/c1-14-6-5-9-16(10-14)17(12-18-13-17)11-15-7-3-2-4-8-15/h2-10,18H,11-13H2,1H3. The molecule has 1 heteroatoms. The van der Waals surface area contributed by atoms with Gasteiger partial charge in [-0.2, -0.15) is 0 Å². The Morgan fingerprint density at radius 2 is 1.78 bits per heavy atom. The van der Waals surface area contributed by atoms with E-state index in [1.807, 2.05) is 0 Å². The second-order valence-corrected chi connectivity index (χ2v) is 5.42. The van der Waals surface area contributed by atoms with Gasteiger partial charge < -0.3 is 5.32 Å². The summed E-state index contributed by atoms with van der Waals surface area (Å²) >= 11 is 0. The van der Waals surface area contributed by atoms with Crippen LogP contribution < -0.4 is 5.32 Å². The summed E-state index contributed by atoms with van der Waals surface area (Å²) in [6.07, 6.45) is 1.13. The first kappa shape index (κ1) is 11.5. The van der Waals surface area contributed by atoms with Gasteiger partial charge in [-0.25, -0.2) is 0 Å². The normalized spacial score (nSPS) is 17.2. The van der Waals surface area contributed by atoms with Crippen molar-refractivity contribution in [2.45, 2.75) is 18.8 Å². The third-order valence-electron chi connectivity index (χ3n) is 3.94. The minimum absolute atomic E-state index is 0.299. The smallest absolute Gasteiger partial charge is 0.0243 e. The monoisotopic (exact) mass is 237 g/mol. The quantitative estimate of drug-likeness (QED) is 0.865. The summed E-state index contributed by atoms with van der Waals surface area (Å²) in [6, 6.07) is 19.8. The maximum absolute atomic E-state index is 3.44. The molecule has 0 bridgehead atoms. The Morgan fingerprint density at radius 1 is 1.00 bits per heavy atom. The predicted octanol–water partition coefficient (Wildman–Crippen LogP) is 3.08. The van der Waals surface area contributed by atoms with E-state index in [1.54, 1.807) is 0 Å². The minimum Gasteiger partial charge on any atom is -0.315 e. The molecule has 0 amide bonds. The number of hydrogen-bond acceptors (Lipinski definition) is 1. The first-order valence-corrected chi connectivity index (χ1v) is 6.60. The van der Waals surface area contributed by atoms with Crippen molar-refractivity contribution in [2.75, 3.05) is 13.1 Å². The Hall–Kier alpha value is -1.60. The second-order valence-electron chi connectivity index (χ2n) is 5.42. The van der Waals surface area contributed by atoms with Crippen molar-refractivity contribution in [2.24, 2.45) is 0 Å². The number of rotatable bonds is 3. The Labute approximate surface area is 109 Å². The molecule has 0 saturated carbocycles. The molecule has 3 rings (SSSR count). The highest BCUT2D eigenvalue weighted by Gasteiger charge is 2.38. The fraction of sp³-hybridized carbons (Fsp3) is 0.294. The van der Waals surface area contributed by atoms with Gasteiger partial charge in [-0.3, -0.25) is 0 Å². The fourth-order valence-corrected chi connectivity index (χ4v) is 2.82. The van der Waals surface area contributed by atoms with E-state index in [9.17, 15) is 0 Å². The Balaban J connectivity index is 1.91. The molecule has 1 nitrogen and oxygen atoms in total. The summed E-state index contributed by atoms with van der Waals surface area (Å²) in [5.41, 5.74) is 4.56. The number of aryl methyl sites for hydroxylation is 1. The minimum atomic E-state index is 0.299. The molecule has 0 aliphatic carbocycles. The van der Waals surface area contributed by atoms with E-state index in [2.05, 4.69) is 66.8 Å². The predicted molar refractivity (Wildman–Crippen MR) is 75.9 cm³/mol. The van der Waals surface area contributed by atoms with Crippen molar-refractivity contribution in [1.29, 1.82) is 0 Å². The van der Waals surface area contributed by atoms with Gasteiger partial charge in [0.1, 0.15) is 0 Å². The zero-order valence-electron chi connectivity index (χ0n) is 10.8. The van der Waals surface area contributed by atoms with Crippen LogP contribution in [0.25, 0.3) is 0 Å². The highest BCUT2D eigenvalue weighted by Crippen LogP contribution is 2.32. The van der Waals surface area contributed by atoms with Crippen molar-refractivity contribution in [1.82, 2.24) is 5.32 Å². The zero-order valence-corrected chi connectivity index (χ0v) is 10.8. The molecule has 1 aliphatic heterocycles. The van der Waals surface area contributed by atoms with Gasteiger partial charge >= 0.3 is 0 Å². The summed E-state index contributed by atoms with van der Waals surface area (Å²) in [4.78, 5) is 0. The average molecular weight is 237 g/mol. The van der Waals surface area contributed by atoms with Crippen molar-refractivity contribution in [3.05, 3.63) is 71.3 Å². The van der Waals surface area contributed by atoms with Crippen LogP contribution in [0.4, 0.5) is 0 Å². The molecular weight excluding hydrogens is 218 g/mol. The lowest BCUT2D eigenvalue weighted by atomic mass is 9.71. The van der Waals surface area contributed by atoms with Gasteiger partial charge in [0, 0.05) is 18.5 Å².